The van der Waals surface area contributed by atoms with Crippen molar-refractivity contribution in [2.75, 3.05) is 27.9 Å². The van der Waals surface area contributed by atoms with Gasteiger partial charge in [-0.3, -0.25) is 14.6 Å². The molecule has 7 rings (SSSR count). The number of methoxy groups -OCH3 is 2. The number of piperazine rings is 1. The molecule has 228 valence electrons. The van der Waals surface area contributed by atoms with E-state index in [9.17, 15) is 10.1 Å². The van der Waals surface area contributed by atoms with Gasteiger partial charge >= 0.3 is 0 Å². The minimum atomic E-state index is -0.444. The lowest BCUT2D eigenvalue weighted by molar-refractivity contribution is -0.138. The van der Waals surface area contributed by atoms with E-state index in [2.05, 4.69) is 28.2 Å². The summed E-state index contributed by atoms with van der Waals surface area (Å²) in [6.45, 7) is 3.04. The summed E-state index contributed by atoms with van der Waals surface area (Å²) < 4.78 is 25.3. The van der Waals surface area contributed by atoms with Crippen molar-refractivity contribution in [2.24, 2.45) is 5.92 Å². The Labute approximate surface area is 258 Å². The van der Waals surface area contributed by atoms with E-state index >= 15 is 0 Å². The van der Waals surface area contributed by atoms with Gasteiger partial charge in [-0.1, -0.05) is 60.7 Å². The standard InChI is InChI=1S/C35H38N4O5/c1-20-32(41-3)28-27(34(33(20)42-4)44-18-22-13-9-6-10-14-22)26(19-43-17-21-11-7-5-8-12-21)39-25(16-36)24-15-23-30(38(24)2)31(39)29(28)37-35(23)40/h5-14,23-26,29-31H,15,17-19H2,1-4H3,(H,37,40)/t23-,24-,25-,26-,29+,30+,31-/m0/s1. The maximum Gasteiger partial charge on any atom is 0.225 e. The number of piperidine rings is 1. The Bertz CT molecular complexity index is 1590. The zero-order valence-electron chi connectivity index (χ0n) is 25.5. The number of carbonyl (C=O) groups is 1. The third-order valence-electron chi connectivity index (χ3n) is 10.1. The van der Waals surface area contributed by atoms with E-state index in [4.69, 9.17) is 18.9 Å². The third kappa shape index (κ3) is 4.35. The molecular weight excluding hydrogens is 556 g/mol. The summed E-state index contributed by atoms with van der Waals surface area (Å²) in [5, 5.41) is 14.1. The number of ether oxygens (including phenoxy) is 4. The molecule has 44 heavy (non-hydrogen) atoms. The van der Waals surface area contributed by atoms with Crippen molar-refractivity contribution in [3.05, 3.63) is 88.5 Å². The van der Waals surface area contributed by atoms with Gasteiger partial charge in [-0.05, 0) is 31.5 Å². The van der Waals surface area contributed by atoms with Crippen LogP contribution in [0.4, 0.5) is 0 Å². The van der Waals surface area contributed by atoms with Crippen LogP contribution < -0.4 is 19.5 Å². The summed E-state index contributed by atoms with van der Waals surface area (Å²) in [7, 11) is 5.36. The highest BCUT2D eigenvalue weighted by molar-refractivity contribution is 5.83. The van der Waals surface area contributed by atoms with E-state index in [-0.39, 0.29) is 36.0 Å². The number of benzene rings is 3. The molecule has 0 aliphatic carbocycles. The Morgan fingerprint density at radius 2 is 1.57 bits per heavy atom. The Morgan fingerprint density at radius 3 is 2.20 bits per heavy atom. The molecule has 3 aromatic rings. The maximum atomic E-state index is 13.7. The number of fused-ring (bicyclic) bond motifs is 3. The second kappa shape index (κ2) is 11.4. The second-order valence-electron chi connectivity index (χ2n) is 12.2. The van der Waals surface area contributed by atoms with Crippen LogP contribution in [0.25, 0.3) is 0 Å². The number of rotatable bonds is 9. The van der Waals surface area contributed by atoms with Gasteiger partial charge in [-0.2, -0.15) is 5.26 Å². The van der Waals surface area contributed by atoms with Crippen molar-refractivity contribution in [1.29, 1.82) is 5.26 Å². The predicted molar refractivity (Wildman–Crippen MR) is 163 cm³/mol. The SMILES string of the molecule is COc1c(C)c(OC)c2c(c1OCc1ccccc1)[C@H](COCc1ccccc1)N1[C@@H]3[C@H]4[C@H](C[C@@H]([C@@H]1C#N)N4C)C(=O)N[C@H]23. The van der Waals surface area contributed by atoms with Crippen LogP contribution in [0.1, 0.15) is 46.3 Å². The zero-order valence-corrected chi connectivity index (χ0v) is 25.5. The first-order chi connectivity index (χ1) is 21.5. The maximum absolute atomic E-state index is 13.7. The Kier molecular flexibility index (Phi) is 7.45. The lowest BCUT2D eigenvalue weighted by Crippen LogP contribution is -2.72. The largest absolute Gasteiger partial charge is 0.496 e. The van der Waals surface area contributed by atoms with Crippen LogP contribution in [0.15, 0.2) is 60.7 Å². The normalized spacial score (nSPS) is 28.5. The van der Waals surface area contributed by atoms with Crippen molar-refractivity contribution in [3.8, 4) is 23.3 Å². The molecule has 0 unspecified atom stereocenters. The molecule has 3 fully saturated rings. The number of carbonyl (C=O) groups excluding carboxylic acids is 1. The Morgan fingerprint density at radius 1 is 0.909 bits per heavy atom. The molecule has 3 saturated heterocycles. The summed E-state index contributed by atoms with van der Waals surface area (Å²) in [5.41, 5.74) is 4.61. The van der Waals surface area contributed by atoms with Crippen LogP contribution >= 0.6 is 0 Å². The van der Waals surface area contributed by atoms with Gasteiger partial charge < -0.3 is 24.3 Å². The average molecular weight is 595 g/mol. The highest BCUT2D eigenvalue weighted by Gasteiger charge is 2.65. The van der Waals surface area contributed by atoms with Gasteiger partial charge in [0.15, 0.2) is 11.5 Å². The van der Waals surface area contributed by atoms with Crippen molar-refractivity contribution >= 4 is 5.91 Å². The number of amides is 1. The van der Waals surface area contributed by atoms with Crippen LogP contribution in [0.5, 0.6) is 17.2 Å². The molecule has 1 amide bonds. The number of nitrogens with one attached hydrogen (secondary N) is 1. The molecule has 7 atom stereocenters. The molecule has 4 aliphatic heterocycles. The number of likely N-dealkylation sites (N-methyl/N-ethyl adjacent to an activating group) is 1. The summed E-state index contributed by atoms with van der Waals surface area (Å²) >= 11 is 0. The minimum Gasteiger partial charge on any atom is -0.496 e. The average Bonchev–Trinajstić information content (AvgIpc) is 3.32. The monoisotopic (exact) mass is 594 g/mol. The van der Waals surface area contributed by atoms with E-state index in [1.165, 1.54) is 0 Å². The quantitative estimate of drug-likeness (QED) is 0.392. The molecule has 1 N–H and O–H groups in total. The summed E-state index contributed by atoms with van der Waals surface area (Å²) in [4.78, 5) is 18.3. The highest BCUT2D eigenvalue weighted by Crippen LogP contribution is 2.59. The lowest BCUT2D eigenvalue weighted by Gasteiger charge is -2.58. The minimum absolute atomic E-state index is 0.0242. The summed E-state index contributed by atoms with van der Waals surface area (Å²) in [5.74, 6) is 1.68. The Balaban J connectivity index is 1.42. The van der Waals surface area contributed by atoms with Crippen LogP contribution in [0.2, 0.25) is 0 Å². The van der Waals surface area contributed by atoms with Crippen LogP contribution in [-0.4, -0.2) is 67.7 Å². The fourth-order valence-corrected chi connectivity index (χ4v) is 8.28. The predicted octanol–water partition coefficient (Wildman–Crippen LogP) is 4.30. The fourth-order valence-electron chi connectivity index (χ4n) is 8.28. The zero-order chi connectivity index (χ0) is 30.5. The first-order valence-corrected chi connectivity index (χ1v) is 15.2. The van der Waals surface area contributed by atoms with Crippen molar-refractivity contribution in [1.82, 2.24) is 15.1 Å². The van der Waals surface area contributed by atoms with Crippen LogP contribution in [-0.2, 0) is 22.7 Å². The molecule has 3 aromatic carbocycles. The molecule has 9 nitrogen and oxygen atoms in total. The molecule has 0 saturated carbocycles. The van der Waals surface area contributed by atoms with Gasteiger partial charge in [0.05, 0.1) is 57.5 Å². The second-order valence-corrected chi connectivity index (χ2v) is 12.2. The van der Waals surface area contributed by atoms with Gasteiger partial charge in [0.2, 0.25) is 5.91 Å². The van der Waals surface area contributed by atoms with Crippen LogP contribution in [0, 0.1) is 24.2 Å². The smallest absolute Gasteiger partial charge is 0.225 e. The number of hydrogen-bond acceptors (Lipinski definition) is 8. The number of nitrogens with zero attached hydrogens (tertiary/aromatic N) is 3. The Hall–Kier alpha value is -4.10. The third-order valence-corrected chi connectivity index (χ3v) is 10.1. The molecular formula is C35H38N4O5. The molecule has 0 aromatic heterocycles. The van der Waals surface area contributed by atoms with Crippen molar-refractivity contribution in [2.45, 2.75) is 62.8 Å². The first-order valence-electron chi connectivity index (χ1n) is 15.2. The van der Waals surface area contributed by atoms with Gasteiger partial charge in [-0.15, -0.1) is 0 Å². The van der Waals surface area contributed by atoms with E-state index < -0.39 is 12.1 Å². The van der Waals surface area contributed by atoms with Crippen molar-refractivity contribution < 1.29 is 23.7 Å². The van der Waals surface area contributed by atoms with Gasteiger partial charge in [0.25, 0.3) is 0 Å². The number of hydrogen-bond donors (Lipinski definition) is 1. The molecule has 9 heteroatoms. The lowest BCUT2D eigenvalue weighted by atomic mass is 9.73. The molecule has 4 aliphatic rings. The van der Waals surface area contributed by atoms with Crippen LogP contribution in [0.3, 0.4) is 0 Å². The van der Waals surface area contributed by atoms with Gasteiger partial charge in [0, 0.05) is 28.8 Å². The topological polar surface area (TPSA) is 96.3 Å². The summed E-state index contributed by atoms with van der Waals surface area (Å²) in [6.07, 6.45) is 0.649. The number of nitriles is 1. The van der Waals surface area contributed by atoms with E-state index in [0.29, 0.717) is 43.5 Å². The molecule has 4 heterocycles. The fraction of sp³-hybridized carbons (Fsp3) is 0.429. The molecule has 0 spiro atoms. The molecule has 2 bridgehead atoms. The highest BCUT2D eigenvalue weighted by atomic mass is 16.5. The van der Waals surface area contributed by atoms with E-state index in [0.717, 1.165) is 27.8 Å². The first kappa shape index (κ1) is 28.7. The van der Waals surface area contributed by atoms with Gasteiger partial charge in [0.1, 0.15) is 18.4 Å². The van der Waals surface area contributed by atoms with Crippen molar-refractivity contribution in [3.63, 3.8) is 0 Å². The molecule has 0 radical (unpaired) electrons. The summed E-state index contributed by atoms with van der Waals surface area (Å²) in [6, 6.07) is 21.3. The van der Waals surface area contributed by atoms with E-state index in [1.54, 1.807) is 14.2 Å². The van der Waals surface area contributed by atoms with E-state index in [1.807, 2.05) is 67.6 Å². The van der Waals surface area contributed by atoms with Gasteiger partial charge in [-0.25, -0.2) is 0 Å².